The van der Waals surface area contributed by atoms with Gasteiger partial charge in [-0.3, -0.25) is 9.59 Å². The molecule has 0 aliphatic heterocycles. The molecule has 8 nitrogen and oxygen atoms in total. The number of aromatic nitrogens is 3. The van der Waals surface area contributed by atoms with Crippen LogP contribution in [0.2, 0.25) is 0 Å². The van der Waals surface area contributed by atoms with Gasteiger partial charge in [-0.05, 0) is 38.5 Å². The number of aromatic amines is 1. The molecule has 0 radical (unpaired) electrons. The molecule has 1 aromatic carbocycles. The lowest BCUT2D eigenvalue weighted by atomic mass is 10.2. The second kappa shape index (κ2) is 9.18. The fourth-order valence-electron chi connectivity index (χ4n) is 3.57. The van der Waals surface area contributed by atoms with Crippen molar-refractivity contribution in [2.75, 3.05) is 13.2 Å². The van der Waals surface area contributed by atoms with E-state index in [1.807, 2.05) is 44.2 Å². The molecule has 0 spiro atoms. The predicted molar refractivity (Wildman–Crippen MR) is 118 cm³/mol. The Hall–Kier alpha value is -3.39. The van der Waals surface area contributed by atoms with E-state index in [-0.39, 0.29) is 24.1 Å². The average Bonchev–Trinajstić information content (AvgIpc) is 3.40. The molecule has 162 valence electrons. The first-order valence-electron chi connectivity index (χ1n) is 10.4. The van der Waals surface area contributed by atoms with Gasteiger partial charge in [-0.1, -0.05) is 18.2 Å². The van der Waals surface area contributed by atoms with Crippen molar-refractivity contribution in [3.63, 3.8) is 0 Å². The maximum Gasteiger partial charge on any atom is 0.291 e. The van der Waals surface area contributed by atoms with E-state index in [1.165, 1.54) is 4.68 Å². The van der Waals surface area contributed by atoms with Gasteiger partial charge < -0.3 is 19.0 Å². The molecule has 0 aliphatic rings. The summed E-state index contributed by atoms with van der Waals surface area (Å²) in [5.74, 6) is 0.482. The van der Waals surface area contributed by atoms with Gasteiger partial charge in [-0.25, -0.2) is 4.68 Å². The van der Waals surface area contributed by atoms with Gasteiger partial charge in [0.05, 0.1) is 25.1 Å². The lowest BCUT2D eigenvalue weighted by Crippen LogP contribution is -2.38. The van der Waals surface area contributed by atoms with E-state index in [9.17, 15) is 9.59 Å². The maximum absolute atomic E-state index is 13.1. The molecule has 4 rings (SSSR count). The minimum Gasteiger partial charge on any atom is -0.467 e. The number of hydrogen-bond donors (Lipinski definition) is 1. The summed E-state index contributed by atoms with van der Waals surface area (Å²) in [5.41, 5.74) is 1.00. The average molecular weight is 422 g/mol. The molecule has 0 bridgehead atoms. The van der Waals surface area contributed by atoms with E-state index >= 15 is 0 Å². The van der Waals surface area contributed by atoms with Crippen LogP contribution in [0.25, 0.3) is 21.8 Å². The smallest absolute Gasteiger partial charge is 0.291 e. The van der Waals surface area contributed by atoms with Gasteiger partial charge in [-0.2, -0.15) is 5.10 Å². The van der Waals surface area contributed by atoms with E-state index in [1.54, 1.807) is 23.4 Å². The zero-order valence-corrected chi connectivity index (χ0v) is 17.7. The summed E-state index contributed by atoms with van der Waals surface area (Å²) in [5, 5.41) is 5.94. The number of amides is 1. The molecule has 3 aromatic heterocycles. The van der Waals surface area contributed by atoms with Crippen LogP contribution in [-0.2, 0) is 22.6 Å². The van der Waals surface area contributed by atoms with Gasteiger partial charge in [0.25, 0.3) is 5.56 Å². The number of nitrogens with zero attached hydrogens (tertiary/aromatic N) is 3. The third kappa shape index (κ3) is 4.69. The Bertz CT molecular complexity index is 1220. The third-order valence-corrected chi connectivity index (χ3v) is 5.11. The molecule has 0 fully saturated rings. The zero-order chi connectivity index (χ0) is 21.8. The van der Waals surface area contributed by atoms with Crippen LogP contribution in [0.4, 0.5) is 0 Å². The minimum atomic E-state index is -0.317. The normalized spacial score (nSPS) is 11.6. The van der Waals surface area contributed by atoms with E-state index in [4.69, 9.17) is 9.15 Å². The molecule has 4 aromatic rings. The summed E-state index contributed by atoms with van der Waals surface area (Å²) >= 11 is 0. The molecule has 31 heavy (non-hydrogen) atoms. The summed E-state index contributed by atoms with van der Waals surface area (Å²) in [7, 11) is 0. The van der Waals surface area contributed by atoms with Crippen molar-refractivity contribution in [3.05, 3.63) is 65.0 Å². The molecular weight excluding hydrogens is 396 g/mol. The number of carbonyl (C=O) groups is 1. The van der Waals surface area contributed by atoms with Gasteiger partial charge in [0, 0.05) is 29.4 Å². The van der Waals surface area contributed by atoms with Crippen LogP contribution in [0.1, 0.15) is 26.0 Å². The van der Waals surface area contributed by atoms with Crippen LogP contribution in [0.5, 0.6) is 0 Å². The van der Waals surface area contributed by atoms with Crippen molar-refractivity contribution in [3.8, 4) is 0 Å². The molecule has 0 unspecified atom stereocenters. The van der Waals surface area contributed by atoms with Gasteiger partial charge in [0.2, 0.25) is 5.91 Å². The second-order valence-corrected chi connectivity index (χ2v) is 7.73. The quantitative estimate of drug-likeness (QED) is 0.418. The van der Waals surface area contributed by atoms with E-state index < -0.39 is 0 Å². The lowest BCUT2D eigenvalue weighted by Gasteiger charge is -2.22. The SMILES string of the molecule is CC(C)OCCCN(Cc1ccco1)C(=O)Cn1ncc2c([nH]c3ccccc32)c1=O. The Balaban J connectivity index is 1.54. The van der Waals surface area contributed by atoms with Crippen molar-refractivity contribution in [1.29, 1.82) is 0 Å². The molecule has 1 amide bonds. The minimum absolute atomic E-state index is 0.139. The van der Waals surface area contributed by atoms with Crippen molar-refractivity contribution in [1.82, 2.24) is 19.7 Å². The number of fused-ring (bicyclic) bond motifs is 3. The number of ether oxygens (including phenoxy) is 1. The number of para-hydroxylation sites is 1. The number of nitrogens with one attached hydrogen (secondary N) is 1. The van der Waals surface area contributed by atoms with E-state index in [0.717, 1.165) is 16.3 Å². The molecule has 3 heterocycles. The van der Waals surface area contributed by atoms with Crippen molar-refractivity contribution >= 4 is 27.7 Å². The number of rotatable bonds is 9. The highest BCUT2D eigenvalue weighted by Gasteiger charge is 2.18. The molecule has 0 saturated carbocycles. The Morgan fingerprint density at radius 3 is 2.84 bits per heavy atom. The van der Waals surface area contributed by atoms with Crippen LogP contribution in [-0.4, -0.2) is 44.8 Å². The van der Waals surface area contributed by atoms with Crippen molar-refractivity contribution < 1.29 is 13.9 Å². The highest BCUT2D eigenvalue weighted by atomic mass is 16.5. The monoisotopic (exact) mass is 422 g/mol. The summed E-state index contributed by atoms with van der Waals surface area (Å²) < 4.78 is 12.2. The van der Waals surface area contributed by atoms with E-state index in [0.29, 0.717) is 37.4 Å². The van der Waals surface area contributed by atoms with Crippen LogP contribution < -0.4 is 5.56 Å². The highest BCUT2D eigenvalue weighted by Crippen LogP contribution is 2.21. The highest BCUT2D eigenvalue weighted by molar-refractivity contribution is 6.06. The summed E-state index contributed by atoms with van der Waals surface area (Å²) in [4.78, 5) is 30.9. The van der Waals surface area contributed by atoms with Crippen LogP contribution >= 0.6 is 0 Å². The standard InChI is InChI=1S/C23H26N4O4/c1-16(2)30-12-6-10-26(14-17-7-5-11-31-17)21(28)15-27-23(29)22-19(13-24-27)18-8-3-4-9-20(18)25-22/h3-5,7-9,11,13,16,25H,6,10,12,14-15H2,1-2H3. The molecule has 8 heteroatoms. The number of carbonyl (C=O) groups excluding carboxylic acids is 1. The van der Waals surface area contributed by atoms with Crippen molar-refractivity contribution in [2.45, 2.75) is 39.5 Å². The Labute approximate surface area is 179 Å². The fraction of sp³-hybridized carbons (Fsp3) is 0.348. The van der Waals surface area contributed by atoms with Gasteiger partial charge in [-0.15, -0.1) is 0 Å². The largest absolute Gasteiger partial charge is 0.467 e. The van der Waals surface area contributed by atoms with Crippen LogP contribution in [0, 0.1) is 0 Å². The first-order chi connectivity index (χ1) is 15.0. The molecule has 0 atom stereocenters. The molecule has 0 saturated heterocycles. The third-order valence-electron chi connectivity index (χ3n) is 5.11. The Kier molecular flexibility index (Phi) is 6.18. The number of furan rings is 1. The topological polar surface area (TPSA) is 93.4 Å². The molecule has 1 N–H and O–H groups in total. The van der Waals surface area contributed by atoms with Crippen molar-refractivity contribution in [2.24, 2.45) is 0 Å². The van der Waals surface area contributed by atoms with Gasteiger partial charge >= 0.3 is 0 Å². The van der Waals surface area contributed by atoms with Gasteiger partial charge in [0.15, 0.2) is 0 Å². The lowest BCUT2D eigenvalue weighted by molar-refractivity contribution is -0.133. The Morgan fingerprint density at radius 1 is 1.23 bits per heavy atom. The number of hydrogen-bond acceptors (Lipinski definition) is 5. The predicted octanol–water partition coefficient (Wildman–Crippen LogP) is 3.31. The number of benzene rings is 1. The first-order valence-corrected chi connectivity index (χ1v) is 10.4. The van der Waals surface area contributed by atoms with Crippen LogP contribution in [0.15, 0.2) is 58.1 Å². The number of H-pyrrole nitrogens is 1. The fourth-order valence-corrected chi connectivity index (χ4v) is 3.57. The molecular formula is C23H26N4O4. The summed E-state index contributed by atoms with van der Waals surface area (Å²) in [6.07, 6.45) is 4.04. The zero-order valence-electron chi connectivity index (χ0n) is 17.7. The Morgan fingerprint density at radius 2 is 2.06 bits per heavy atom. The van der Waals surface area contributed by atoms with Crippen LogP contribution in [0.3, 0.4) is 0 Å². The molecule has 0 aliphatic carbocycles. The first kappa shape index (κ1) is 20.9. The van der Waals surface area contributed by atoms with E-state index in [2.05, 4.69) is 10.1 Å². The maximum atomic E-state index is 13.1. The van der Waals surface area contributed by atoms with Gasteiger partial charge in [0.1, 0.15) is 17.8 Å². The summed E-state index contributed by atoms with van der Waals surface area (Å²) in [6.45, 7) is 5.19. The second-order valence-electron chi connectivity index (χ2n) is 7.73. The summed E-state index contributed by atoms with van der Waals surface area (Å²) in [6, 6.07) is 11.3.